The van der Waals surface area contributed by atoms with Crippen LogP contribution < -0.4 is 10.6 Å². The number of benzene rings is 2. The van der Waals surface area contributed by atoms with Crippen LogP contribution in [0.1, 0.15) is 4.88 Å². The second-order valence-corrected chi connectivity index (χ2v) is 7.45. The summed E-state index contributed by atoms with van der Waals surface area (Å²) in [5, 5.41) is 10.6. The molecule has 0 fully saturated rings. The molecule has 7 heteroatoms. The number of halogens is 2. The monoisotopic (exact) mass is 400 g/mol. The third kappa shape index (κ3) is 3.75. The number of nitrogens with zero attached hydrogens (tertiary/aromatic N) is 2. The topological polar surface area (TPSA) is 49.8 Å². The van der Waals surface area contributed by atoms with Crippen LogP contribution in [0.5, 0.6) is 0 Å². The summed E-state index contributed by atoms with van der Waals surface area (Å²) in [6, 6.07) is 17.4. The van der Waals surface area contributed by atoms with E-state index in [1.54, 1.807) is 23.5 Å². The van der Waals surface area contributed by atoms with E-state index in [1.165, 1.54) is 4.88 Å². The predicted octanol–water partition coefficient (Wildman–Crippen LogP) is 6.35. The van der Waals surface area contributed by atoms with Gasteiger partial charge in [-0.05, 0) is 41.8 Å². The highest BCUT2D eigenvalue weighted by molar-refractivity contribution is 7.09. The Bertz CT molecular complexity index is 1050. The van der Waals surface area contributed by atoms with Crippen LogP contribution in [0.3, 0.4) is 0 Å². The molecule has 0 aliphatic rings. The van der Waals surface area contributed by atoms with E-state index in [4.69, 9.17) is 23.2 Å². The Hall–Kier alpha value is -2.34. The van der Waals surface area contributed by atoms with E-state index in [2.05, 4.69) is 32.0 Å². The van der Waals surface area contributed by atoms with E-state index < -0.39 is 0 Å². The first kappa shape index (κ1) is 17.1. The smallest absolute Gasteiger partial charge is 0.229 e. The first-order valence-corrected chi connectivity index (χ1v) is 9.58. The van der Waals surface area contributed by atoms with Gasteiger partial charge in [0.15, 0.2) is 0 Å². The minimum absolute atomic E-state index is 0.480. The number of nitrogens with one attached hydrogen (secondary N) is 2. The molecule has 0 amide bonds. The average molecular weight is 401 g/mol. The molecule has 4 rings (SSSR count). The van der Waals surface area contributed by atoms with Crippen molar-refractivity contribution in [1.82, 2.24) is 9.97 Å². The fraction of sp³-hybridized carbons (Fsp3) is 0.0526. The van der Waals surface area contributed by atoms with Crippen molar-refractivity contribution in [1.29, 1.82) is 0 Å². The van der Waals surface area contributed by atoms with Crippen molar-refractivity contribution in [3.05, 3.63) is 74.9 Å². The van der Waals surface area contributed by atoms with Crippen LogP contribution in [0.4, 0.5) is 17.5 Å². The number of thiophene rings is 1. The number of hydrogen-bond acceptors (Lipinski definition) is 5. The summed E-state index contributed by atoms with van der Waals surface area (Å²) in [5.74, 6) is 1.28. The summed E-state index contributed by atoms with van der Waals surface area (Å²) in [6.45, 7) is 0.713. The van der Waals surface area contributed by atoms with Crippen LogP contribution in [0.25, 0.3) is 10.9 Å². The molecule has 0 saturated heterocycles. The summed E-state index contributed by atoms with van der Waals surface area (Å²) in [6.07, 6.45) is 0. The fourth-order valence-electron chi connectivity index (χ4n) is 2.55. The van der Waals surface area contributed by atoms with E-state index in [9.17, 15) is 0 Å². The SMILES string of the molecule is Clc1ccc(Nc2nc(NCc3cccs3)c3ccccc3n2)cc1Cl. The van der Waals surface area contributed by atoms with Crippen molar-refractivity contribution >= 4 is 62.9 Å². The Balaban J connectivity index is 1.67. The quantitative estimate of drug-likeness (QED) is 0.409. The standard InChI is InChI=1S/C19H14Cl2N4S/c20-15-8-7-12(10-16(15)21)23-19-24-17-6-2-1-5-14(17)18(25-19)22-11-13-4-3-9-26-13/h1-10H,11H2,(H2,22,23,24,25). The van der Waals surface area contributed by atoms with E-state index in [1.807, 2.05) is 36.4 Å². The summed E-state index contributed by atoms with van der Waals surface area (Å²) in [7, 11) is 0. The van der Waals surface area contributed by atoms with Gasteiger partial charge in [0, 0.05) is 16.0 Å². The molecule has 0 saturated carbocycles. The van der Waals surface area contributed by atoms with Crippen LogP contribution in [0.2, 0.25) is 10.0 Å². The summed E-state index contributed by atoms with van der Waals surface area (Å²) < 4.78 is 0. The van der Waals surface area contributed by atoms with Gasteiger partial charge in [0.2, 0.25) is 5.95 Å². The Morgan fingerprint density at radius 2 is 1.81 bits per heavy atom. The van der Waals surface area contributed by atoms with Crippen LogP contribution >= 0.6 is 34.5 Å². The van der Waals surface area contributed by atoms with Gasteiger partial charge in [-0.3, -0.25) is 0 Å². The van der Waals surface area contributed by atoms with Crippen molar-refractivity contribution in [3.8, 4) is 0 Å². The molecule has 2 heterocycles. The third-order valence-corrected chi connectivity index (χ3v) is 5.40. The molecule has 130 valence electrons. The second-order valence-electron chi connectivity index (χ2n) is 5.60. The van der Waals surface area contributed by atoms with E-state index in [0.717, 1.165) is 22.4 Å². The molecule has 26 heavy (non-hydrogen) atoms. The second kappa shape index (κ2) is 7.50. The normalized spacial score (nSPS) is 10.8. The van der Waals surface area contributed by atoms with Gasteiger partial charge in [0.05, 0.1) is 22.1 Å². The minimum Gasteiger partial charge on any atom is -0.364 e. The van der Waals surface area contributed by atoms with Gasteiger partial charge in [-0.1, -0.05) is 41.4 Å². The molecule has 4 aromatic rings. The van der Waals surface area contributed by atoms with Gasteiger partial charge >= 0.3 is 0 Å². The molecule has 2 aromatic carbocycles. The van der Waals surface area contributed by atoms with Crippen molar-refractivity contribution in [2.45, 2.75) is 6.54 Å². The number of fused-ring (bicyclic) bond motifs is 1. The van der Waals surface area contributed by atoms with Gasteiger partial charge in [-0.15, -0.1) is 11.3 Å². The molecule has 0 radical (unpaired) electrons. The molecule has 0 aliphatic heterocycles. The maximum Gasteiger partial charge on any atom is 0.229 e. The number of aromatic nitrogens is 2. The lowest BCUT2D eigenvalue weighted by Crippen LogP contribution is -2.05. The lowest BCUT2D eigenvalue weighted by atomic mass is 10.2. The molecular formula is C19H14Cl2N4S. The Morgan fingerprint density at radius 1 is 0.923 bits per heavy atom. The first-order chi connectivity index (χ1) is 12.7. The number of rotatable bonds is 5. The molecule has 0 spiro atoms. The van der Waals surface area contributed by atoms with Crippen LogP contribution in [0.15, 0.2) is 60.0 Å². The van der Waals surface area contributed by atoms with Crippen molar-refractivity contribution < 1.29 is 0 Å². The molecule has 2 N–H and O–H groups in total. The zero-order valence-corrected chi connectivity index (χ0v) is 15.9. The van der Waals surface area contributed by atoms with Crippen molar-refractivity contribution in [2.24, 2.45) is 0 Å². The van der Waals surface area contributed by atoms with Gasteiger partial charge < -0.3 is 10.6 Å². The predicted molar refractivity (Wildman–Crippen MR) is 111 cm³/mol. The minimum atomic E-state index is 0.480. The fourth-order valence-corrected chi connectivity index (χ4v) is 3.50. The molecule has 2 aromatic heterocycles. The Labute approximate surface area is 164 Å². The van der Waals surface area contributed by atoms with Gasteiger partial charge in [0.25, 0.3) is 0 Å². The highest BCUT2D eigenvalue weighted by Gasteiger charge is 2.09. The Morgan fingerprint density at radius 3 is 2.62 bits per heavy atom. The van der Waals surface area contributed by atoms with Gasteiger partial charge in [-0.2, -0.15) is 4.98 Å². The number of hydrogen-bond donors (Lipinski definition) is 2. The summed E-state index contributed by atoms with van der Waals surface area (Å²) in [5.41, 5.74) is 1.64. The lowest BCUT2D eigenvalue weighted by molar-refractivity contribution is 1.13. The molecule has 0 bridgehead atoms. The zero-order valence-electron chi connectivity index (χ0n) is 13.5. The van der Waals surface area contributed by atoms with Crippen molar-refractivity contribution in [3.63, 3.8) is 0 Å². The molecular weight excluding hydrogens is 387 g/mol. The molecule has 0 atom stereocenters. The first-order valence-electron chi connectivity index (χ1n) is 7.94. The van der Waals surface area contributed by atoms with E-state index in [-0.39, 0.29) is 0 Å². The molecule has 4 nitrogen and oxygen atoms in total. The maximum absolute atomic E-state index is 6.09. The van der Waals surface area contributed by atoms with Gasteiger partial charge in [0.1, 0.15) is 5.82 Å². The largest absolute Gasteiger partial charge is 0.364 e. The van der Waals surface area contributed by atoms with Crippen LogP contribution in [-0.4, -0.2) is 9.97 Å². The molecule has 0 unspecified atom stereocenters. The highest BCUT2D eigenvalue weighted by Crippen LogP contribution is 2.28. The average Bonchev–Trinajstić information content (AvgIpc) is 3.16. The van der Waals surface area contributed by atoms with E-state index in [0.29, 0.717) is 22.5 Å². The number of para-hydroxylation sites is 1. The van der Waals surface area contributed by atoms with E-state index >= 15 is 0 Å². The lowest BCUT2D eigenvalue weighted by Gasteiger charge is -2.12. The molecule has 0 aliphatic carbocycles. The Kier molecular flexibility index (Phi) is 4.93. The van der Waals surface area contributed by atoms with Crippen LogP contribution in [-0.2, 0) is 6.54 Å². The summed E-state index contributed by atoms with van der Waals surface area (Å²) in [4.78, 5) is 10.5. The van der Waals surface area contributed by atoms with Gasteiger partial charge in [-0.25, -0.2) is 4.98 Å². The summed E-state index contributed by atoms with van der Waals surface area (Å²) >= 11 is 13.8. The van der Waals surface area contributed by atoms with Crippen LogP contribution in [0, 0.1) is 0 Å². The maximum atomic E-state index is 6.09. The third-order valence-electron chi connectivity index (χ3n) is 3.79. The zero-order chi connectivity index (χ0) is 17.9. The number of anilines is 3. The highest BCUT2D eigenvalue weighted by atomic mass is 35.5. The van der Waals surface area contributed by atoms with Crippen molar-refractivity contribution in [2.75, 3.05) is 10.6 Å².